The molecule has 0 spiro atoms. The van der Waals surface area contributed by atoms with Gasteiger partial charge in [0.15, 0.2) is 5.69 Å². The summed E-state index contributed by atoms with van der Waals surface area (Å²) in [7, 11) is -3.75. The van der Waals surface area contributed by atoms with Gasteiger partial charge in [0.25, 0.3) is 5.91 Å². The fourth-order valence-electron chi connectivity index (χ4n) is 2.47. The number of nitrogens with zero attached hydrogens (tertiary/aromatic N) is 1. The smallest absolute Gasteiger partial charge is 0.269 e. The van der Waals surface area contributed by atoms with Gasteiger partial charge in [0.1, 0.15) is 0 Å². The summed E-state index contributed by atoms with van der Waals surface area (Å²) in [4.78, 5) is 18.5. The van der Waals surface area contributed by atoms with Crippen LogP contribution < -0.4 is 10.5 Å². The van der Waals surface area contributed by atoms with Crippen LogP contribution in [-0.2, 0) is 10.0 Å². The molecule has 0 fully saturated rings. The highest BCUT2D eigenvalue weighted by molar-refractivity contribution is 7.89. The van der Waals surface area contributed by atoms with Crippen molar-refractivity contribution in [3.63, 3.8) is 0 Å². The van der Waals surface area contributed by atoms with Gasteiger partial charge in [0, 0.05) is 29.0 Å². The van der Waals surface area contributed by atoms with E-state index in [9.17, 15) is 18.3 Å². The van der Waals surface area contributed by atoms with Gasteiger partial charge in [0.2, 0.25) is 10.0 Å². The predicted molar refractivity (Wildman–Crippen MR) is 89.0 cm³/mol. The Hall–Kier alpha value is -2.49. The van der Waals surface area contributed by atoms with Gasteiger partial charge in [-0.2, -0.15) is 0 Å². The van der Waals surface area contributed by atoms with Crippen LogP contribution in [0.1, 0.15) is 17.4 Å². The number of H-pyrrole nitrogens is 1. The number of rotatable bonds is 5. The minimum Gasteiger partial charge on any atom is -0.392 e. The molecule has 1 amide bonds. The molecule has 0 aliphatic carbocycles. The molecule has 0 radical (unpaired) electrons. The zero-order valence-corrected chi connectivity index (χ0v) is 13.6. The summed E-state index contributed by atoms with van der Waals surface area (Å²) in [5, 5.41) is 10.5. The molecule has 0 saturated carbocycles. The molecule has 0 aliphatic rings. The normalized spacial score (nSPS) is 13.4. The topological polar surface area (TPSA) is 138 Å². The number of sulfonamides is 1. The Morgan fingerprint density at radius 2 is 2.12 bits per heavy atom. The van der Waals surface area contributed by atoms with Crippen LogP contribution in [0.4, 0.5) is 0 Å². The molecule has 0 aliphatic heterocycles. The van der Waals surface area contributed by atoms with E-state index in [4.69, 9.17) is 5.73 Å². The summed E-state index contributed by atoms with van der Waals surface area (Å²) in [5.74, 6) is -0.668. The lowest BCUT2D eigenvalue weighted by atomic mass is 10.1. The number of carbonyl (C=O) groups is 1. The van der Waals surface area contributed by atoms with E-state index in [-0.39, 0.29) is 17.1 Å². The first-order valence-electron chi connectivity index (χ1n) is 7.17. The molecule has 2 aromatic heterocycles. The Balaban J connectivity index is 2.16. The van der Waals surface area contributed by atoms with E-state index in [2.05, 4.69) is 14.7 Å². The first-order chi connectivity index (χ1) is 11.3. The standard InChI is InChI=1S/C15H16N4O4S/c1-8(20)7-18-24(22,23)9-2-3-12-11(6-9)10-4-5-17-14(15(16)21)13(10)19-12/h2-6,8,18-20H,7H2,1H3,(H2,16,21). The minimum atomic E-state index is -3.75. The number of carbonyl (C=O) groups excluding carboxylic acids is 1. The van der Waals surface area contributed by atoms with Crippen LogP contribution in [0.5, 0.6) is 0 Å². The summed E-state index contributed by atoms with van der Waals surface area (Å²) < 4.78 is 26.9. The van der Waals surface area contributed by atoms with Crippen molar-refractivity contribution in [3.05, 3.63) is 36.2 Å². The van der Waals surface area contributed by atoms with Gasteiger partial charge in [0.05, 0.1) is 16.5 Å². The Bertz CT molecular complexity index is 1040. The molecule has 9 heteroatoms. The second-order valence-electron chi connectivity index (χ2n) is 5.48. The highest BCUT2D eigenvalue weighted by Crippen LogP contribution is 2.28. The number of aromatic amines is 1. The van der Waals surface area contributed by atoms with Gasteiger partial charge in [-0.1, -0.05) is 0 Å². The Kier molecular flexibility index (Phi) is 3.99. The second kappa shape index (κ2) is 5.86. The zero-order chi connectivity index (χ0) is 17.5. The van der Waals surface area contributed by atoms with E-state index in [1.807, 2.05) is 0 Å². The van der Waals surface area contributed by atoms with Gasteiger partial charge in [-0.05, 0) is 31.2 Å². The average molecular weight is 348 g/mol. The molecule has 0 bridgehead atoms. The maximum Gasteiger partial charge on any atom is 0.269 e. The third-order valence-corrected chi connectivity index (χ3v) is 5.03. The number of amides is 1. The quantitative estimate of drug-likeness (QED) is 0.531. The van der Waals surface area contributed by atoms with Crippen LogP contribution in [-0.4, -0.2) is 42.0 Å². The molecule has 5 N–H and O–H groups in total. The largest absolute Gasteiger partial charge is 0.392 e. The summed E-state index contributed by atoms with van der Waals surface area (Å²) in [5.41, 5.74) is 6.54. The first-order valence-corrected chi connectivity index (χ1v) is 8.66. The molecule has 126 valence electrons. The summed E-state index contributed by atoms with van der Waals surface area (Å²) in [6.45, 7) is 1.41. The molecular formula is C15H16N4O4S. The second-order valence-corrected chi connectivity index (χ2v) is 7.25. The van der Waals surface area contributed by atoms with Gasteiger partial charge >= 0.3 is 0 Å². The number of nitrogens with two attached hydrogens (primary N) is 1. The minimum absolute atomic E-state index is 0.0639. The SMILES string of the molecule is CC(O)CNS(=O)(=O)c1ccc2[nH]c3c(C(N)=O)nccc3c2c1. The molecule has 1 unspecified atom stereocenters. The van der Waals surface area contributed by atoms with Gasteiger partial charge in [-0.3, -0.25) is 4.79 Å². The Labute approximate surface area is 137 Å². The van der Waals surface area contributed by atoms with Crippen molar-refractivity contribution in [2.24, 2.45) is 5.73 Å². The lowest BCUT2D eigenvalue weighted by Crippen LogP contribution is -2.30. The third-order valence-electron chi connectivity index (χ3n) is 3.60. The van der Waals surface area contributed by atoms with Crippen molar-refractivity contribution in [3.8, 4) is 0 Å². The molecule has 2 heterocycles. The van der Waals surface area contributed by atoms with Gasteiger partial charge < -0.3 is 15.8 Å². The molecule has 3 rings (SSSR count). The van der Waals surface area contributed by atoms with Crippen LogP contribution in [0.25, 0.3) is 21.8 Å². The number of hydrogen-bond donors (Lipinski definition) is 4. The third kappa shape index (κ3) is 2.84. The zero-order valence-electron chi connectivity index (χ0n) is 12.8. The molecular weight excluding hydrogens is 332 g/mol. The Morgan fingerprint density at radius 3 is 2.79 bits per heavy atom. The van der Waals surface area contributed by atoms with Crippen molar-refractivity contribution >= 4 is 37.7 Å². The number of hydrogen-bond acceptors (Lipinski definition) is 5. The number of nitrogens with one attached hydrogen (secondary N) is 2. The van der Waals surface area contributed by atoms with E-state index in [1.54, 1.807) is 12.1 Å². The first kappa shape index (κ1) is 16.4. The summed E-state index contributed by atoms with van der Waals surface area (Å²) in [6.07, 6.45) is 0.656. The number of fused-ring (bicyclic) bond motifs is 3. The van der Waals surface area contributed by atoms with Gasteiger partial charge in [-0.15, -0.1) is 0 Å². The van der Waals surface area contributed by atoms with E-state index >= 15 is 0 Å². The van der Waals surface area contributed by atoms with Crippen molar-refractivity contribution < 1.29 is 18.3 Å². The molecule has 3 aromatic rings. The van der Waals surface area contributed by atoms with E-state index in [0.29, 0.717) is 21.8 Å². The lowest BCUT2D eigenvalue weighted by Gasteiger charge is -2.08. The maximum absolute atomic E-state index is 12.3. The number of aliphatic hydroxyl groups excluding tert-OH is 1. The molecule has 1 aromatic carbocycles. The van der Waals surface area contributed by atoms with E-state index in [1.165, 1.54) is 25.3 Å². The van der Waals surface area contributed by atoms with Crippen LogP contribution >= 0.6 is 0 Å². The van der Waals surface area contributed by atoms with Crippen molar-refractivity contribution in [1.29, 1.82) is 0 Å². The average Bonchev–Trinajstić information content (AvgIpc) is 2.90. The van der Waals surface area contributed by atoms with Crippen molar-refractivity contribution in [2.45, 2.75) is 17.9 Å². The van der Waals surface area contributed by atoms with Crippen LogP contribution in [0.15, 0.2) is 35.4 Å². The van der Waals surface area contributed by atoms with E-state index < -0.39 is 22.0 Å². The maximum atomic E-state index is 12.3. The fraction of sp³-hybridized carbons (Fsp3) is 0.200. The van der Waals surface area contributed by atoms with E-state index in [0.717, 1.165) is 0 Å². The molecule has 1 atom stereocenters. The summed E-state index contributed by atoms with van der Waals surface area (Å²) in [6, 6.07) is 6.24. The van der Waals surface area contributed by atoms with Crippen LogP contribution in [0, 0.1) is 0 Å². The van der Waals surface area contributed by atoms with Crippen molar-refractivity contribution in [1.82, 2.24) is 14.7 Å². The highest BCUT2D eigenvalue weighted by Gasteiger charge is 2.18. The number of aromatic nitrogens is 2. The van der Waals surface area contributed by atoms with Gasteiger partial charge in [-0.25, -0.2) is 18.1 Å². The molecule has 8 nitrogen and oxygen atoms in total. The highest BCUT2D eigenvalue weighted by atomic mass is 32.2. The number of benzene rings is 1. The number of pyridine rings is 1. The fourth-order valence-corrected chi connectivity index (χ4v) is 3.62. The summed E-state index contributed by atoms with van der Waals surface area (Å²) >= 11 is 0. The predicted octanol–water partition coefficient (Wildman–Crippen LogP) is 0.474. The number of aliphatic hydroxyl groups is 1. The van der Waals surface area contributed by atoms with Crippen molar-refractivity contribution in [2.75, 3.05) is 6.54 Å². The number of primary amides is 1. The molecule has 0 saturated heterocycles. The van der Waals surface area contributed by atoms with Crippen LogP contribution in [0.2, 0.25) is 0 Å². The monoisotopic (exact) mass is 348 g/mol. The van der Waals surface area contributed by atoms with Crippen LogP contribution in [0.3, 0.4) is 0 Å². The molecule has 24 heavy (non-hydrogen) atoms. The lowest BCUT2D eigenvalue weighted by molar-refractivity contribution is 0.0997. The Morgan fingerprint density at radius 1 is 1.38 bits per heavy atom.